The van der Waals surface area contributed by atoms with E-state index in [2.05, 4.69) is 21.2 Å². The lowest BCUT2D eigenvalue weighted by molar-refractivity contribution is -0.117. The quantitative estimate of drug-likeness (QED) is 0.471. The first kappa shape index (κ1) is 20.9. The molecule has 0 atom stereocenters. The molecule has 0 saturated heterocycles. The smallest absolute Gasteiger partial charge is 0.262 e. The van der Waals surface area contributed by atoms with Crippen LogP contribution in [0, 0.1) is 11.3 Å². The summed E-state index contributed by atoms with van der Waals surface area (Å²) in [4.78, 5) is 12.4. The number of amides is 1. The summed E-state index contributed by atoms with van der Waals surface area (Å²) in [5.41, 5.74) is 1.79. The van der Waals surface area contributed by atoms with E-state index in [4.69, 9.17) is 9.47 Å². The second-order valence-electron chi connectivity index (χ2n) is 6.93. The highest BCUT2D eigenvalue weighted by atomic mass is 79.9. The number of carbonyl (C=O) groups is 1. The molecular formula is C23H23BrN2O3. The average molecular weight is 455 g/mol. The highest BCUT2D eigenvalue weighted by molar-refractivity contribution is 9.10. The highest BCUT2D eigenvalue weighted by Crippen LogP contribution is 2.37. The van der Waals surface area contributed by atoms with Gasteiger partial charge in [0.25, 0.3) is 5.91 Å². The Kier molecular flexibility index (Phi) is 7.31. The Morgan fingerprint density at radius 2 is 2.00 bits per heavy atom. The van der Waals surface area contributed by atoms with Crippen molar-refractivity contribution in [3.8, 4) is 17.6 Å². The summed E-state index contributed by atoms with van der Waals surface area (Å²) < 4.78 is 12.1. The van der Waals surface area contributed by atoms with Crippen molar-refractivity contribution in [1.82, 2.24) is 5.32 Å². The van der Waals surface area contributed by atoms with Gasteiger partial charge >= 0.3 is 0 Å². The topological polar surface area (TPSA) is 71.3 Å². The van der Waals surface area contributed by atoms with Gasteiger partial charge in [-0.25, -0.2) is 0 Å². The van der Waals surface area contributed by atoms with Crippen molar-refractivity contribution in [2.45, 2.75) is 38.3 Å². The van der Waals surface area contributed by atoms with Crippen LogP contribution in [0.1, 0.15) is 36.8 Å². The van der Waals surface area contributed by atoms with Crippen LogP contribution >= 0.6 is 15.9 Å². The van der Waals surface area contributed by atoms with Crippen molar-refractivity contribution in [3.05, 3.63) is 63.6 Å². The third-order valence-corrected chi connectivity index (χ3v) is 5.43. The van der Waals surface area contributed by atoms with Crippen molar-refractivity contribution in [2.75, 3.05) is 7.11 Å². The summed E-state index contributed by atoms with van der Waals surface area (Å²) in [5, 5.41) is 12.4. The maximum atomic E-state index is 12.4. The predicted molar refractivity (Wildman–Crippen MR) is 115 cm³/mol. The molecule has 1 aliphatic rings. The number of ether oxygens (including phenoxy) is 2. The summed E-state index contributed by atoms with van der Waals surface area (Å²) in [6.07, 6.45) is 5.74. The number of nitrogens with zero attached hydrogens (tertiary/aromatic N) is 1. The van der Waals surface area contributed by atoms with Crippen LogP contribution in [0.2, 0.25) is 0 Å². The van der Waals surface area contributed by atoms with Gasteiger partial charge in [0.05, 0.1) is 11.6 Å². The van der Waals surface area contributed by atoms with Gasteiger partial charge in [0, 0.05) is 6.04 Å². The normalized spacial score (nSPS) is 14.3. The van der Waals surface area contributed by atoms with Crippen molar-refractivity contribution >= 4 is 27.9 Å². The Hall–Kier alpha value is -2.78. The lowest BCUT2D eigenvalue weighted by Crippen LogP contribution is -2.33. The Morgan fingerprint density at radius 1 is 1.28 bits per heavy atom. The molecule has 150 valence electrons. The second-order valence-corrected chi connectivity index (χ2v) is 7.79. The molecule has 0 aromatic heterocycles. The highest BCUT2D eigenvalue weighted by Gasteiger charge is 2.20. The Balaban J connectivity index is 1.78. The van der Waals surface area contributed by atoms with Crippen molar-refractivity contribution < 1.29 is 14.3 Å². The van der Waals surface area contributed by atoms with Crippen LogP contribution in [-0.4, -0.2) is 19.1 Å². The maximum absolute atomic E-state index is 12.4. The average Bonchev–Trinajstić information content (AvgIpc) is 3.24. The van der Waals surface area contributed by atoms with E-state index in [0.717, 1.165) is 31.2 Å². The van der Waals surface area contributed by atoms with E-state index < -0.39 is 0 Å². The fraction of sp³-hybridized carbons (Fsp3) is 0.304. The van der Waals surface area contributed by atoms with E-state index in [1.165, 1.54) is 0 Å². The number of halogens is 1. The van der Waals surface area contributed by atoms with Gasteiger partial charge in [0.1, 0.15) is 18.2 Å². The zero-order valence-corrected chi connectivity index (χ0v) is 17.9. The number of carbonyl (C=O) groups excluding carboxylic acids is 1. The van der Waals surface area contributed by atoms with Gasteiger partial charge in [-0.2, -0.15) is 5.26 Å². The lowest BCUT2D eigenvalue weighted by Gasteiger charge is -2.14. The zero-order valence-electron chi connectivity index (χ0n) is 16.3. The molecule has 0 heterocycles. The molecule has 2 aromatic rings. The number of benzene rings is 2. The SMILES string of the molecule is COc1cc(/C=C(/C#N)C(=O)NC2CCCC2)cc(Br)c1OCc1ccccc1. The number of nitrogens with one attached hydrogen (secondary N) is 1. The minimum Gasteiger partial charge on any atom is -0.493 e. The van der Waals surface area contributed by atoms with E-state index in [0.29, 0.717) is 28.1 Å². The van der Waals surface area contributed by atoms with Crippen molar-refractivity contribution in [3.63, 3.8) is 0 Å². The molecule has 1 amide bonds. The van der Waals surface area contributed by atoms with Gasteiger partial charge in [0.2, 0.25) is 0 Å². The first-order valence-electron chi connectivity index (χ1n) is 9.57. The fourth-order valence-corrected chi connectivity index (χ4v) is 3.92. The summed E-state index contributed by atoms with van der Waals surface area (Å²) in [6.45, 7) is 0.401. The minimum atomic E-state index is -0.334. The third kappa shape index (κ3) is 5.61. The van der Waals surface area contributed by atoms with Crippen LogP contribution in [0.15, 0.2) is 52.5 Å². The van der Waals surface area contributed by atoms with Crippen LogP contribution in [0.3, 0.4) is 0 Å². The summed E-state index contributed by atoms with van der Waals surface area (Å²) in [6, 6.07) is 15.6. The molecule has 0 bridgehead atoms. The van der Waals surface area contributed by atoms with Gasteiger partial charge in [-0.15, -0.1) is 0 Å². The zero-order chi connectivity index (χ0) is 20.6. The molecule has 3 rings (SSSR count). The maximum Gasteiger partial charge on any atom is 0.262 e. The molecular weight excluding hydrogens is 432 g/mol. The first-order valence-corrected chi connectivity index (χ1v) is 10.4. The first-order chi connectivity index (χ1) is 14.1. The number of hydrogen-bond acceptors (Lipinski definition) is 4. The van der Waals surface area contributed by atoms with E-state index >= 15 is 0 Å². The van der Waals surface area contributed by atoms with Gasteiger partial charge < -0.3 is 14.8 Å². The van der Waals surface area contributed by atoms with Crippen LogP contribution in [-0.2, 0) is 11.4 Å². The number of hydrogen-bond donors (Lipinski definition) is 1. The molecule has 29 heavy (non-hydrogen) atoms. The standard InChI is InChI=1S/C23H23BrN2O3/c1-28-21-13-17(11-18(14-25)23(27)26-19-9-5-6-10-19)12-20(24)22(21)29-15-16-7-3-2-4-8-16/h2-4,7-8,11-13,19H,5-6,9-10,15H2,1H3,(H,26,27)/b18-11-. The van der Waals surface area contributed by atoms with Crippen LogP contribution in [0.25, 0.3) is 6.08 Å². The monoisotopic (exact) mass is 454 g/mol. The summed E-state index contributed by atoms with van der Waals surface area (Å²) in [5.74, 6) is 0.761. The van der Waals surface area contributed by atoms with Gasteiger partial charge in [-0.1, -0.05) is 43.2 Å². The molecule has 6 heteroatoms. The van der Waals surface area contributed by atoms with E-state index in [-0.39, 0.29) is 17.5 Å². The van der Waals surface area contributed by atoms with E-state index in [1.807, 2.05) is 42.5 Å². The van der Waals surface area contributed by atoms with E-state index in [1.54, 1.807) is 19.3 Å². The molecule has 1 saturated carbocycles. The van der Waals surface area contributed by atoms with Crippen molar-refractivity contribution in [2.24, 2.45) is 0 Å². The van der Waals surface area contributed by atoms with Crippen LogP contribution in [0.5, 0.6) is 11.5 Å². The van der Waals surface area contributed by atoms with Crippen molar-refractivity contribution in [1.29, 1.82) is 5.26 Å². The molecule has 0 spiro atoms. The Morgan fingerprint density at radius 3 is 2.66 bits per heavy atom. The molecule has 1 fully saturated rings. The molecule has 5 nitrogen and oxygen atoms in total. The lowest BCUT2D eigenvalue weighted by atomic mass is 10.1. The van der Waals surface area contributed by atoms with Gasteiger partial charge in [-0.3, -0.25) is 4.79 Å². The summed E-state index contributed by atoms with van der Waals surface area (Å²) >= 11 is 3.51. The van der Waals surface area contributed by atoms with E-state index in [9.17, 15) is 10.1 Å². The number of nitriles is 1. The Labute approximate surface area is 179 Å². The van der Waals surface area contributed by atoms with Crippen LogP contribution < -0.4 is 14.8 Å². The Bertz CT molecular complexity index is 929. The van der Waals surface area contributed by atoms with Gasteiger partial charge in [0.15, 0.2) is 11.5 Å². The molecule has 0 radical (unpaired) electrons. The predicted octanol–water partition coefficient (Wildman–Crippen LogP) is 5.00. The third-order valence-electron chi connectivity index (χ3n) is 4.84. The minimum absolute atomic E-state index is 0.0730. The number of rotatable bonds is 7. The largest absolute Gasteiger partial charge is 0.493 e. The summed E-state index contributed by atoms with van der Waals surface area (Å²) in [7, 11) is 1.56. The second kappa shape index (κ2) is 10.1. The fourth-order valence-electron chi connectivity index (χ4n) is 3.34. The van der Waals surface area contributed by atoms with Gasteiger partial charge in [-0.05, 0) is 58.1 Å². The molecule has 1 aliphatic carbocycles. The molecule has 2 aromatic carbocycles. The van der Waals surface area contributed by atoms with Crippen LogP contribution in [0.4, 0.5) is 0 Å². The molecule has 0 unspecified atom stereocenters. The number of methoxy groups -OCH3 is 1. The molecule has 1 N–H and O–H groups in total. The molecule has 0 aliphatic heterocycles.